The molecule has 6 heteroatoms. The number of carbonyl (C=O) groups is 2. The fourth-order valence-corrected chi connectivity index (χ4v) is 2.74. The summed E-state index contributed by atoms with van der Waals surface area (Å²) in [6.07, 6.45) is 0. The molecule has 0 bridgehead atoms. The van der Waals surface area contributed by atoms with Crippen molar-refractivity contribution in [2.75, 3.05) is 38.6 Å². The van der Waals surface area contributed by atoms with Gasteiger partial charge in [-0.3, -0.25) is 14.5 Å². The standard InChI is InChI=1S/C22H29N3O3/c1-16-7-5-9-19(13-16)28-12-11-23-21(26)14-25(4)15-22(27)24-20-10-6-8-17(2)18(20)3/h5-10,13H,11-12,14-15H2,1-4H3,(H,23,26)(H,24,27). The summed E-state index contributed by atoms with van der Waals surface area (Å²) in [5.41, 5.74) is 4.10. The minimum Gasteiger partial charge on any atom is -0.492 e. The van der Waals surface area contributed by atoms with Crippen LogP contribution in [0, 0.1) is 20.8 Å². The molecule has 0 heterocycles. The Labute approximate surface area is 166 Å². The van der Waals surface area contributed by atoms with Gasteiger partial charge in [-0.05, 0) is 62.7 Å². The van der Waals surface area contributed by atoms with Crippen LogP contribution in [-0.2, 0) is 9.59 Å². The van der Waals surface area contributed by atoms with Crippen LogP contribution in [0.25, 0.3) is 0 Å². The molecular weight excluding hydrogens is 354 g/mol. The van der Waals surface area contributed by atoms with E-state index in [1.807, 2.05) is 63.2 Å². The van der Waals surface area contributed by atoms with E-state index in [2.05, 4.69) is 10.6 Å². The van der Waals surface area contributed by atoms with Crippen LogP contribution >= 0.6 is 0 Å². The van der Waals surface area contributed by atoms with Crippen LogP contribution in [-0.4, -0.2) is 50.0 Å². The van der Waals surface area contributed by atoms with Gasteiger partial charge in [0, 0.05) is 5.69 Å². The molecule has 0 radical (unpaired) electrons. The summed E-state index contributed by atoms with van der Waals surface area (Å²) in [6, 6.07) is 13.6. The van der Waals surface area contributed by atoms with Gasteiger partial charge in [-0.2, -0.15) is 0 Å². The highest BCUT2D eigenvalue weighted by Crippen LogP contribution is 2.17. The monoisotopic (exact) mass is 383 g/mol. The van der Waals surface area contributed by atoms with Crippen LogP contribution in [0.3, 0.4) is 0 Å². The molecule has 2 aromatic carbocycles. The van der Waals surface area contributed by atoms with Crippen molar-refractivity contribution in [2.45, 2.75) is 20.8 Å². The first-order valence-corrected chi connectivity index (χ1v) is 9.36. The number of anilines is 1. The second kappa shape index (κ2) is 10.5. The second-order valence-electron chi connectivity index (χ2n) is 6.98. The van der Waals surface area contributed by atoms with E-state index in [0.29, 0.717) is 13.2 Å². The van der Waals surface area contributed by atoms with Crippen LogP contribution in [0.1, 0.15) is 16.7 Å². The van der Waals surface area contributed by atoms with Crippen LogP contribution in [0.15, 0.2) is 42.5 Å². The summed E-state index contributed by atoms with van der Waals surface area (Å²) in [5.74, 6) is 0.496. The van der Waals surface area contributed by atoms with E-state index in [9.17, 15) is 9.59 Å². The first kappa shape index (κ1) is 21.4. The van der Waals surface area contributed by atoms with Gasteiger partial charge in [0.2, 0.25) is 11.8 Å². The molecule has 0 aliphatic carbocycles. The molecule has 0 aliphatic heterocycles. The van der Waals surface area contributed by atoms with Gasteiger partial charge >= 0.3 is 0 Å². The molecule has 0 fully saturated rings. The molecule has 0 saturated heterocycles. The maximum absolute atomic E-state index is 12.2. The smallest absolute Gasteiger partial charge is 0.238 e. The van der Waals surface area contributed by atoms with E-state index in [-0.39, 0.29) is 24.9 Å². The maximum Gasteiger partial charge on any atom is 0.238 e. The van der Waals surface area contributed by atoms with Crippen molar-refractivity contribution in [1.82, 2.24) is 10.2 Å². The zero-order chi connectivity index (χ0) is 20.5. The lowest BCUT2D eigenvalue weighted by molar-refractivity contribution is -0.123. The lowest BCUT2D eigenvalue weighted by Gasteiger charge is -2.17. The maximum atomic E-state index is 12.2. The third kappa shape index (κ3) is 7.04. The number of likely N-dealkylation sites (N-methyl/N-ethyl adjacent to an activating group) is 1. The molecule has 0 aromatic heterocycles. The average molecular weight is 383 g/mol. The number of amides is 2. The normalized spacial score (nSPS) is 10.6. The highest BCUT2D eigenvalue weighted by molar-refractivity contribution is 5.93. The summed E-state index contributed by atoms with van der Waals surface area (Å²) in [7, 11) is 1.74. The first-order valence-electron chi connectivity index (χ1n) is 9.36. The average Bonchev–Trinajstić information content (AvgIpc) is 2.62. The third-order valence-electron chi connectivity index (χ3n) is 4.39. The third-order valence-corrected chi connectivity index (χ3v) is 4.39. The number of rotatable bonds is 9. The van der Waals surface area contributed by atoms with Crippen molar-refractivity contribution >= 4 is 17.5 Å². The van der Waals surface area contributed by atoms with Gasteiger partial charge in [0.15, 0.2) is 0 Å². The number of nitrogens with one attached hydrogen (secondary N) is 2. The molecule has 0 saturated carbocycles. The Hall–Kier alpha value is -2.86. The van der Waals surface area contributed by atoms with Gasteiger partial charge in [0.1, 0.15) is 12.4 Å². The SMILES string of the molecule is Cc1cccc(OCCNC(=O)CN(C)CC(=O)Nc2cccc(C)c2C)c1. The van der Waals surface area contributed by atoms with Crippen molar-refractivity contribution in [3.8, 4) is 5.75 Å². The fourth-order valence-electron chi connectivity index (χ4n) is 2.74. The number of hydrogen-bond donors (Lipinski definition) is 2. The summed E-state index contributed by atoms with van der Waals surface area (Å²) in [4.78, 5) is 25.9. The minimum absolute atomic E-state index is 0.139. The van der Waals surface area contributed by atoms with Crippen LogP contribution in [0.2, 0.25) is 0 Å². The molecule has 0 atom stereocenters. The molecule has 0 aliphatic rings. The Morgan fingerprint density at radius 1 is 1.00 bits per heavy atom. The fraction of sp³-hybridized carbons (Fsp3) is 0.364. The molecule has 2 amide bonds. The van der Waals surface area contributed by atoms with Gasteiger partial charge in [0.25, 0.3) is 0 Å². The summed E-state index contributed by atoms with van der Waals surface area (Å²) < 4.78 is 5.60. The Balaban J connectivity index is 1.67. The number of benzene rings is 2. The Morgan fingerprint density at radius 2 is 1.71 bits per heavy atom. The van der Waals surface area contributed by atoms with Crippen LogP contribution in [0.4, 0.5) is 5.69 Å². The van der Waals surface area contributed by atoms with E-state index in [0.717, 1.165) is 28.1 Å². The number of nitrogens with zero attached hydrogens (tertiary/aromatic N) is 1. The van der Waals surface area contributed by atoms with E-state index >= 15 is 0 Å². The minimum atomic E-state index is -0.146. The molecular formula is C22H29N3O3. The number of carbonyl (C=O) groups excluding carboxylic acids is 2. The Kier molecular flexibility index (Phi) is 8.02. The number of aryl methyl sites for hydroxylation is 2. The zero-order valence-corrected chi connectivity index (χ0v) is 17.0. The Bertz CT molecular complexity index is 820. The lowest BCUT2D eigenvalue weighted by Crippen LogP contribution is -2.40. The first-order chi connectivity index (χ1) is 13.3. The number of ether oxygens (including phenoxy) is 1. The largest absolute Gasteiger partial charge is 0.492 e. The quantitative estimate of drug-likeness (QED) is 0.653. The van der Waals surface area contributed by atoms with Crippen molar-refractivity contribution in [3.63, 3.8) is 0 Å². The summed E-state index contributed by atoms with van der Waals surface area (Å²) in [5, 5.41) is 5.70. The summed E-state index contributed by atoms with van der Waals surface area (Å²) >= 11 is 0. The predicted molar refractivity (Wildman–Crippen MR) is 112 cm³/mol. The molecule has 6 nitrogen and oxygen atoms in total. The van der Waals surface area contributed by atoms with E-state index in [4.69, 9.17) is 4.74 Å². The van der Waals surface area contributed by atoms with E-state index in [1.165, 1.54) is 0 Å². The topological polar surface area (TPSA) is 70.7 Å². The Morgan fingerprint density at radius 3 is 2.46 bits per heavy atom. The number of hydrogen-bond acceptors (Lipinski definition) is 4. The molecule has 2 rings (SSSR count). The van der Waals surface area contributed by atoms with E-state index < -0.39 is 0 Å². The molecule has 2 aromatic rings. The predicted octanol–water partition coefficient (Wildman–Crippen LogP) is 2.68. The molecule has 0 unspecified atom stereocenters. The van der Waals surface area contributed by atoms with Crippen molar-refractivity contribution in [1.29, 1.82) is 0 Å². The van der Waals surface area contributed by atoms with Gasteiger partial charge in [-0.25, -0.2) is 0 Å². The van der Waals surface area contributed by atoms with Crippen LogP contribution in [0.5, 0.6) is 5.75 Å². The van der Waals surface area contributed by atoms with Gasteiger partial charge in [-0.1, -0.05) is 24.3 Å². The molecule has 0 spiro atoms. The van der Waals surface area contributed by atoms with Crippen LogP contribution < -0.4 is 15.4 Å². The summed E-state index contributed by atoms with van der Waals surface area (Å²) in [6.45, 7) is 7.07. The molecule has 150 valence electrons. The lowest BCUT2D eigenvalue weighted by atomic mass is 10.1. The molecule has 28 heavy (non-hydrogen) atoms. The van der Waals surface area contributed by atoms with E-state index in [1.54, 1.807) is 11.9 Å². The zero-order valence-electron chi connectivity index (χ0n) is 17.0. The van der Waals surface area contributed by atoms with Gasteiger partial charge in [0.05, 0.1) is 19.6 Å². The van der Waals surface area contributed by atoms with Gasteiger partial charge in [-0.15, -0.1) is 0 Å². The van der Waals surface area contributed by atoms with Crippen molar-refractivity contribution < 1.29 is 14.3 Å². The van der Waals surface area contributed by atoms with Gasteiger partial charge < -0.3 is 15.4 Å². The molecule has 2 N–H and O–H groups in total. The second-order valence-corrected chi connectivity index (χ2v) is 6.98. The van der Waals surface area contributed by atoms with Crippen molar-refractivity contribution in [2.24, 2.45) is 0 Å². The highest BCUT2D eigenvalue weighted by atomic mass is 16.5. The highest BCUT2D eigenvalue weighted by Gasteiger charge is 2.12. The van der Waals surface area contributed by atoms with Crippen molar-refractivity contribution in [3.05, 3.63) is 59.2 Å².